The highest BCUT2D eigenvalue weighted by molar-refractivity contribution is 7.89. The molecule has 0 spiro atoms. The zero-order valence-electron chi connectivity index (χ0n) is 17.5. The molecule has 2 aliphatic heterocycles. The minimum Gasteiger partial charge on any atom is -0.332 e. The second-order valence-corrected chi connectivity index (χ2v) is 10.6. The SMILES string of the molecule is CCS(=O)(=O)N1CCc2c(nc([C@H]3CCCCN3C(=O)[C@@H]3CC=CCC3)[nH]c2=O)C1. The first-order valence-electron chi connectivity index (χ1n) is 11.0. The van der Waals surface area contributed by atoms with Crippen molar-refractivity contribution in [2.24, 2.45) is 5.92 Å². The number of rotatable bonds is 4. The lowest BCUT2D eigenvalue weighted by atomic mass is 9.91. The van der Waals surface area contributed by atoms with Crippen LogP contribution in [0.3, 0.4) is 0 Å². The van der Waals surface area contributed by atoms with Gasteiger partial charge in [-0.15, -0.1) is 0 Å². The van der Waals surface area contributed by atoms with Crippen LogP contribution in [0.15, 0.2) is 16.9 Å². The van der Waals surface area contributed by atoms with Crippen molar-refractivity contribution in [1.29, 1.82) is 0 Å². The molecule has 0 bridgehead atoms. The van der Waals surface area contributed by atoms with Gasteiger partial charge >= 0.3 is 0 Å². The summed E-state index contributed by atoms with van der Waals surface area (Å²) in [5.74, 6) is 0.651. The largest absolute Gasteiger partial charge is 0.332 e. The number of hydrogen-bond acceptors (Lipinski definition) is 5. The van der Waals surface area contributed by atoms with Gasteiger partial charge in [0.2, 0.25) is 15.9 Å². The molecule has 3 aliphatic rings. The fraction of sp³-hybridized carbons (Fsp3) is 0.667. The maximum atomic E-state index is 13.2. The van der Waals surface area contributed by atoms with E-state index in [4.69, 9.17) is 4.98 Å². The monoisotopic (exact) mass is 434 g/mol. The molecule has 1 aromatic rings. The number of sulfonamides is 1. The first kappa shape index (κ1) is 21.2. The van der Waals surface area contributed by atoms with Gasteiger partial charge in [-0.2, -0.15) is 4.31 Å². The molecule has 0 unspecified atom stereocenters. The van der Waals surface area contributed by atoms with E-state index in [9.17, 15) is 18.0 Å². The predicted molar refractivity (Wildman–Crippen MR) is 113 cm³/mol. The van der Waals surface area contributed by atoms with Crippen LogP contribution in [0.1, 0.15) is 68.6 Å². The Hall–Kier alpha value is -2.00. The van der Waals surface area contributed by atoms with Crippen LogP contribution in [0.25, 0.3) is 0 Å². The van der Waals surface area contributed by atoms with E-state index < -0.39 is 10.0 Å². The lowest BCUT2D eigenvalue weighted by molar-refractivity contribution is -0.140. The average Bonchev–Trinajstić information content (AvgIpc) is 2.78. The van der Waals surface area contributed by atoms with Crippen LogP contribution in [-0.2, 0) is 27.8 Å². The number of nitrogens with zero attached hydrogens (tertiary/aromatic N) is 3. The molecule has 2 atom stereocenters. The molecule has 3 heterocycles. The lowest BCUT2D eigenvalue weighted by Gasteiger charge is -2.38. The first-order valence-corrected chi connectivity index (χ1v) is 12.6. The van der Waals surface area contributed by atoms with E-state index in [0.29, 0.717) is 36.6 Å². The molecule has 1 N–H and O–H groups in total. The maximum Gasteiger partial charge on any atom is 0.254 e. The zero-order valence-corrected chi connectivity index (χ0v) is 18.3. The number of aromatic amines is 1. The fourth-order valence-corrected chi connectivity index (χ4v) is 5.80. The summed E-state index contributed by atoms with van der Waals surface area (Å²) in [6.07, 6.45) is 9.77. The zero-order chi connectivity index (χ0) is 21.3. The molecular weight excluding hydrogens is 404 g/mol. The summed E-state index contributed by atoms with van der Waals surface area (Å²) in [6.45, 7) is 2.71. The van der Waals surface area contributed by atoms with Gasteiger partial charge in [-0.25, -0.2) is 13.4 Å². The number of carbonyl (C=O) groups excluding carboxylic acids is 1. The summed E-state index contributed by atoms with van der Waals surface area (Å²) in [6, 6.07) is -0.256. The number of likely N-dealkylation sites (tertiary alicyclic amines) is 1. The standard InChI is InChI=1S/C21H30N4O4S/c1-2-30(28,29)24-13-11-16-17(14-24)22-19(23-20(16)26)18-10-6-7-12-25(18)21(27)15-8-4-3-5-9-15/h3-4,15,18H,2,5-14H2,1H3,(H,22,23,26)/t15-,18-/m1/s1. The van der Waals surface area contributed by atoms with Crippen molar-refractivity contribution in [3.8, 4) is 0 Å². The molecule has 164 valence electrons. The molecule has 0 radical (unpaired) electrons. The van der Waals surface area contributed by atoms with E-state index in [1.54, 1.807) is 6.92 Å². The second kappa shape index (κ2) is 8.63. The van der Waals surface area contributed by atoms with Gasteiger partial charge in [-0.3, -0.25) is 9.59 Å². The van der Waals surface area contributed by atoms with Gasteiger partial charge in [-0.1, -0.05) is 12.2 Å². The molecule has 0 saturated carbocycles. The molecule has 8 nitrogen and oxygen atoms in total. The maximum absolute atomic E-state index is 13.2. The summed E-state index contributed by atoms with van der Waals surface area (Å²) in [4.78, 5) is 35.5. The third-order valence-corrected chi connectivity index (χ3v) is 8.36. The fourth-order valence-electron chi connectivity index (χ4n) is 4.74. The van der Waals surface area contributed by atoms with E-state index in [2.05, 4.69) is 17.1 Å². The van der Waals surface area contributed by atoms with Gasteiger partial charge in [0, 0.05) is 24.6 Å². The molecule has 9 heteroatoms. The molecular formula is C21H30N4O4S. The van der Waals surface area contributed by atoms with Gasteiger partial charge < -0.3 is 9.88 Å². The number of nitrogens with one attached hydrogen (secondary N) is 1. The van der Waals surface area contributed by atoms with Crippen molar-refractivity contribution in [3.63, 3.8) is 0 Å². The van der Waals surface area contributed by atoms with Gasteiger partial charge in [0.15, 0.2) is 0 Å². The van der Waals surface area contributed by atoms with Crippen molar-refractivity contribution < 1.29 is 13.2 Å². The third kappa shape index (κ3) is 4.09. The summed E-state index contributed by atoms with van der Waals surface area (Å²) in [7, 11) is -3.34. The van der Waals surface area contributed by atoms with E-state index in [-0.39, 0.29) is 35.7 Å². The topological polar surface area (TPSA) is 103 Å². The van der Waals surface area contributed by atoms with Gasteiger partial charge in [-0.05, 0) is 51.9 Å². The smallest absolute Gasteiger partial charge is 0.254 e. The molecule has 1 fully saturated rings. The minimum absolute atomic E-state index is 0.00913. The van der Waals surface area contributed by atoms with Crippen molar-refractivity contribution in [3.05, 3.63) is 39.6 Å². The Morgan fingerprint density at radius 3 is 2.80 bits per heavy atom. The van der Waals surface area contributed by atoms with Crippen molar-refractivity contribution in [2.75, 3.05) is 18.8 Å². The molecule has 30 heavy (non-hydrogen) atoms. The van der Waals surface area contributed by atoms with Crippen molar-refractivity contribution in [2.45, 2.75) is 64.5 Å². The Kier molecular flexibility index (Phi) is 6.11. The van der Waals surface area contributed by atoms with Gasteiger partial charge in [0.1, 0.15) is 5.82 Å². The molecule has 1 aliphatic carbocycles. The first-order chi connectivity index (χ1) is 14.4. The number of piperidine rings is 1. The summed E-state index contributed by atoms with van der Waals surface area (Å²) < 4.78 is 26.0. The highest BCUT2D eigenvalue weighted by Crippen LogP contribution is 2.33. The van der Waals surface area contributed by atoms with E-state index in [1.807, 2.05) is 4.90 Å². The summed E-state index contributed by atoms with van der Waals surface area (Å²) in [5.41, 5.74) is 0.880. The Balaban J connectivity index is 1.63. The van der Waals surface area contributed by atoms with Gasteiger partial charge in [0.25, 0.3) is 5.56 Å². The van der Waals surface area contributed by atoms with Crippen molar-refractivity contribution >= 4 is 15.9 Å². The summed E-state index contributed by atoms with van der Waals surface area (Å²) >= 11 is 0. The number of H-pyrrole nitrogens is 1. The van der Waals surface area contributed by atoms with Gasteiger partial charge in [0.05, 0.1) is 24.0 Å². The van der Waals surface area contributed by atoms with E-state index >= 15 is 0 Å². The number of hydrogen-bond donors (Lipinski definition) is 1. The molecule has 1 amide bonds. The quantitative estimate of drug-likeness (QED) is 0.729. The number of carbonyl (C=O) groups is 1. The van der Waals surface area contributed by atoms with Crippen LogP contribution >= 0.6 is 0 Å². The van der Waals surface area contributed by atoms with Crippen LogP contribution in [0.5, 0.6) is 0 Å². The van der Waals surface area contributed by atoms with Crippen LogP contribution in [0, 0.1) is 5.92 Å². The Morgan fingerprint density at radius 2 is 2.07 bits per heavy atom. The lowest BCUT2D eigenvalue weighted by Crippen LogP contribution is -2.44. The number of allylic oxidation sites excluding steroid dienone is 2. The van der Waals surface area contributed by atoms with Crippen molar-refractivity contribution in [1.82, 2.24) is 19.2 Å². The number of aromatic nitrogens is 2. The minimum atomic E-state index is -3.34. The highest BCUT2D eigenvalue weighted by Gasteiger charge is 2.35. The van der Waals surface area contributed by atoms with E-state index in [1.165, 1.54) is 4.31 Å². The Morgan fingerprint density at radius 1 is 1.23 bits per heavy atom. The second-order valence-electron chi connectivity index (χ2n) is 8.39. The molecule has 0 aromatic carbocycles. The molecule has 1 aromatic heterocycles. The Labute approximate surface area is 177 Å². The highest BCUT2D eigenvalue weighted by atomic mass is 32.2. The predicted octanol–water partition coefficient (Wildman–Crippen LogP) is 1.89. The number of fused-ring (bicyclic) bond motifs is 1. The molecule has 4 rings (SSSR count). The van der Waals surface area contributed by atoms with Crippen LogP contribution in [-0.4, -0.2) is 52.3 Å². The van der Waals surface area contributed by atoms with Crippen LogP contribution in [0.2, 0.25) is 0 Å². The molecule has 1 saturated heterocycles. The summed E-state index contributed by atoms with van der Waals surface area (Å²) in [5, 5.41) is 0. The van der Waals surface area contributed by atoms with Crippen LogP contribution in [0.4, 0.5) is 0 Å². The van der Waals surface area contributed by atoms with Crippen LogP contribution < -0.4 is 5.56 Å². The average molecular weight is 435 g/mol. The number of amides is 1. The van der Waals surface area contributed by atoms with E-state index in [0.717, 1.165) is 38.5 Å². The third-order valence-electron chi connectivity index (χ3n) is 6.53. The normalized spacial score (nSPS) is 25.2. The Bertz CT molecular complexity index is 1000.